The fraction of sp³-hybridized carbons (Fsp3) is 0.643. The second-order valence-corrected chi connectivity index (χ2v) is 9.33. The number of ether oxygens (including phenoxy) is 8. The maximum atomic E-state index is 12.1. The fourth-order valence-electron chi connectivity index (χ4n) is 3.59. The number of benzene rings is 1. The van der Waals surface area contributed by atoms with E-state index in [9.17, 15) is 9.59 Å². The molecule has 38 heavy (non-hydrogen) atoms. The lowest BCUT2D eigenvalue weighted by Crippen LogP contribution is -2.34. The van der Waals surface area contributed by atoms with Crippen LogP contribution in [0.4, 0.5) is 0 Å². The number of rotatable bonds is 12. The summed E-state index contributed by atoms with van der Waals surface area (Å²) in [5, 5.41) is 0. The molecule has 0 amide bonds. The van der Waals surface area contributed by atoms with E-state index in [4.69, 9.17) is 37.9 Å². The van der Waals surface area contributed by atoms with Gasteiger partial charge in [0.25, 0.3) is 0 Å². The maximum absolute atomic E-state index is 12.1. The Kier molecular flexibility index (Phi) is 10.8. The van der Waals surface area contributed by atoms with E-state index >= 15 is 0 Å². The lowest BCUT2D eigenvalue weighted by molar-refractivity contribution is -0.161. The number of epoxide rings is 4. The molecule has 210 valence electrons. The monoisotopic (exact) mass is 534 g/mol. The standard InChI is InChI=1S/C14H18O6.C12H14O4.C2H6/c15-13(19-7-9-5-17-9)11-3-1-2-4-12(11)14(16)20-8-10-6-18-10;1-2-9(13-5-11-7-15-11)4-10(3-1)14-6-12-8-16-12;1-2/h1-2,9-12H,3-8H2;1-4,11-12H,5-8H2;1-2H3. The molecule has 1 aromatic carbocycles. The predicted octanol–water partition coefficient (Wildman–Crippen LogP) is 2.72. The van der Waals surface area contributed by atoms with Crippen LogP contribution in [-0.2, 0) is 38.0 Å². The van der Waals surface area contributed by atoms with Crippen LogP contribution in [0.1, 0.15) is 26.7 Å². The summed E-state index contributed by atoms with van der Waals surface area (Å²) in [5.41, 5.74) is 0. The van der Waals surface area contributed by atoms with E-state index < -0.39 is 11.8 Å². The van der Waals surface area contributed by atoms with Crippen molar-refractivity contribution in [3.8, 4) is 11.5 Å². The first-order valence-corrected chi connectivity index (χ1v) is 13.4. The number of hydrogen-bond donors (Lipinski definition) is 0. The van der Waals surface area contributed by atoms with Crippen LogP contribution in [-0.4, -0.2) is 89.2 Å². The van der Waals surface area contributed by atoms with E-state index in [1.807, 2.05) is 50.3 Å². The van der Waals surface area contributed by atoms with E-state index in [1.54, 1.807) is 0 Å². The van der Waals surface area contributed by atoms with Crippen molar-refractivity contribution in [3.63, 3.8) is 0 Å². The summed E-state index contributed by atoms with van der Waals surface area (Å²) in [6, 6.07) is 7.66. The first-order valence-electron chi connectivity index (χ1n) is 13.4. The van der Waals surface area contributed by atoms with Crippen molar-refractivity contribution >= 4 is 11.9 Å². The molecule has 4 aliphatic heterocycles. The third-order valence-corrected chi connectivity index (χ3v) is 6.15. The first kappa shape index (κ1) is 28.4. The molecule has 1 aliphatic carbocycles. The Morgan fingerprint density at radius 2 is 1.05 bits per heavy atom. The summed E-state index contributed by atoms with van der Waals surface area (Å²) in [4.78, 5) is 24.1. The van der Waals surface area contributed by atoms with Crippen LogP contribution >= 0.6 is 0 Å². The number of esters is 2. The van der Waals surface area contributed by atoms with E-state index in [-0.39, 0.29) is 49.6 Å². The van der Waals surface area contributed by atoms with Crippen LogP contribution in [0.5, 0.6) is 11.5 Å². The topological polar surface area (TPSA) is 121 Å². The summed E-state index contributed by atoms with van der Waals surface area (Å²) in [6.07, 6.45) is 5.49. The van der Waals surface area contributed by atoms with Crippen LogP contribution in [0.25, 0.3) is 0 Å². The van der Waals surface area contributed by atoms with Gasteiger partial charge in [-0.1, -0.05) is 32.1 Å². The number of hydrogen-bond acceptors (Lipinski definition) is 10. The second kappa shape index (κ2) is 14.5. The van der Waals surface area contributed by atoms with Gasteiger partial charge in [0.15, 0.2) is 0 Å². The van der Waals surface area contributed by atoms with Crippen molar-refractivity contribution in [1.29, 1.82) is 0 Å². The van der Waals surface area contributed by atoms with E-state index in [0.717, 1.165) is 24.7 Å². The van der Waals surface area contributed by atoms with Crippen LogP contribution in [0, 0.1) is 11.8 Å². The zero-order valence-electron chi connectivity index (χ0n) is 22.1. The smallest absolute Gasteiger partial charge is 0.310 e. The molecule has 0 spiro atoms. The van der Waals surface area contributed by atoms with Gasteiger partial charge in [-0.2, -0.15) is 0 Å². The molecule has 0 N–H and O–H groups in total. The van der Waals surface area contributed by atoms with Crippen LogP contribution in [0.3, 0.4) is 0 Å². The van der Waals surface area contributed by atoms with E-state index in [1.165, 1.54) is 0 Å². The van der Waals surface area contributed by atoms with Gasteiger partial charge >= 0.3 is 11.9 Å². The van der Waals surface area contributed by atoms with Crippen LogP contribution in [0.2, 0.25) is 0 Å². The SMILES string of the molecule is CC.O=C(OCC1CO1)C1CC=CCC1C(=O)OCC1CO1.c1cc(OCC2CO2)cc(OCC2CO2)c1. The molecule has 10 heteroatoms. The Morgan fingerprint density at radius 1 is 0.684 bits per heavy atom. The highest BCUT2D eigenvalue weighted by molar-refractivity contribution is 5.82. The van der Waals surface area contributed by atoms with Crippen LogP contribution < -0.4 is 9.47 Å². The largest absolute Gasteiger partial charge is 0.491 e. The average Bonchev–Trinajstić information content (AvgIpc) is 3.80. The van der Waals surface area contributed by atoms with Crippen molar-refractivity contribution in [2.24, 2.45) is 11.8 Å². The van der Waals surface area contributed by atoms with Crippen molar-refractivity contribution in [2.45, 2.75) is 51.1 Å². The summed E-state index contributed by atoms with van der Waals surface area (Å²) >= 11 is 0. The Morgan fingerprint density at radius 3 is 1.42 bits per heavy atom. The minimum absolute atomic E-state index is 0.0375. The molecule has 0 radical (unpaired) electrons. The minimum Gasteiger partial charge on any atom is -0.491 e. The summed E-state index contributed by atoms with van der Waals surface area (Å²) in [5.74, 6) is 0.0658. The molecule has 6 atom stereocenters. The summed E-state index contributed by atoms with van der Waals surface area (Å²) in [7, 11) is 0. The van der Waals surface area contributed by atoms with Crippen LogP contribution in [0.15, 0.2) is 36.4 Å². The van der Waals surface area contributed by atoms with Gasteiger partial charge in [0.2, 0.25) is 0 Å². The summed E-state index contributed by atoms with van der Waals surface area (Å²) in [6.45, 7) is 8.71. The molecular weight excluding hydrogens is 496 g/mol. The highest BCUT2D eigenvalue weighted by Crippen LogP contribution is 2.29. The normalized spacial score (nSPS) is 29.3. The summed E-state index contributed by atoms with van der Waals surface area (Å²) < 4.78 is 41.6. The number of carbonyl (C=O) groups is 2. The average molecular weight is 535 g/mol. The highest BCUT2D eigenvalue weighted by atomic mass is 16.6. The number of carbonyl (C=O) groups excluding carboxylic acids is 2. The molecular formula is C28H38O10. The molecule has 4 fully saturated rings. The molecule has 4 heterocycles. The molecule has 10 nitrogen and oxygen atoms in total. The Labute approximate surface area is 223 Å². The van der Waals surface area contributed by atoms with Gasteiger partial charge in [-0.15, -0.1) is 0 Å². The van der Waals surface area contributed by atoms with Gasteiger partial charge < -0.3 is 37.9 Å². The highest BCUT2D eigenvalue weighted by Gasteiger charge is 2.38. The number of allylic oxidation sites excluding steroid dienone is 2. The van der Waals surface area contributed by atoms with Gasteiger partial charge in [0.05, 0.1) is 38.3 Å². The predicted molar refractivity (Wildman–Crippen MR) is 135 cm³/mol. The van der Waals surface area contributed by atoms with Gasteiger partial charge in [0.1, 0.15) is 62.3 Å². The second-order valence-electron chi connectivity index (χ2n) is 9.33. The molecule has 4 saturated heterocycles. The molecule has 6 unspecified atom stereocenters. The van der Waals surface area contributed by atoms with Gasteiger partial charge in [0, 0.05) is 6.07 Å². The minimum atomic E-state index is -0.452. The van der Waals surface area contributed by atoms with E-state index in [0.29, 0.717) is 39.3 Å². The zero-order valence-corrected chi connectivity index (χ0v) is 22.1. The van der Waals surface area contributed by atoms with Crippen molar-refractivity contribution < 1.29 is 47.5 Å². The van der Waals surface area contributed by atoms with Crippen molar-refractivity contribution in [2.75, 3.05) is 52.9 Å². The van der Waals surface area contributed by atoms with Gasteiger partial charge in [-0.3, -0.25) is 9.59 Å². The molecule has 1 aromatic rings. The molecule has 6 rings (SSSR count). The zero-order chi connectivity index (χ0) is 26.7. The van der Waals surface area contributed by atoms with Gasteiger partial charge in [-0.05, 0) is 25.0 Å². The lowest BCUT2D eigenvalue weighted by atomic mass is 9.83. The molecule has 0 saturated carbocycles. The Bertz CT molecular complexity index is 849. The third kappa shape index (κ3) is 10.2. The fourth-order valence-corrected chi connectivity index (χ4v) is 3.59. The van der Waals surface area contributed by atoms with Crippen molar-refractivity contribution in [3.05, 3.63) is 36.4 Å². The quantitative estimate of drug-likeness (QED) is 0.225. The van der Waals surface area contributed by atoms with Crippen molar-refractivity contribution in [1.82, 2.24) is 0 Å². The third-order valence-electron chi connectivity index (χ3n) is 6.15. The van der Waals surface area contributed by atoms with Gasteiger partial charge in [-0.25, -0.2) is 0 Å². The maximum Gasteiger partial charge on any atom is 0.310 e. The lowest BCUT2D eigenvalue weighted by Gasteiger charge is -2.25. The molecule has 5 aliphatic rings. The van der Waals surface area contributed by atoms with E-state index in [2.05, 4.69) is 0 Å². The Balaban J connectivity index is 0.000000170. The Hall–Kier alpha value is -2.66. The molecule has 0 bridgehead atoms. The molecule has 0 aromatic heterocycles. The first-order chi connectivity index (χ1) is 18.6.